The second-order valence-corrected chi connectivity index (χ2v) is 5.84. The van der Waals surface area contributed by atoms with E-state index in [-0.39, 0.29) is 18.4 Å². The minimum Gasteiger partial charge on any atom is -0.379 e. The summed E-state index contributed by atoms with van der Waals surface area (Å²) in [7, 11) is 0. The molecule has 1 aliphatic heterocycles. The number of ether oxygens (including phenoxy) is 1. The van der Waals surface area contributed by atoms with Crippen molar-refractivity contribution in [3.63, 3.8) is 0 Å². The first kappa shape index (κ1) is 15.6. The van der Waals surface area contributed by atoms with Crippen molar-refractivity contribution in [3.8, 4) is 0 Å². The van der Waals surface area contributed by atoms with E-state index < -0.39 is 0 Å². The van der Waals surface area contributed by atoms with Crippen LogP contribution in [-0.2, 0) is 22.5 Å². The van der Waals surface area contributed by atoms with Gasteiger partial charge in [0, 0.05) is 43.8 Å². The zero-order valence-electron chi connectivity index (χ0n) is 13.3. The number of carbonyl (C=O) groups excluding carboxylic acids is 1. The molecule has 0 N–H and O–H groups in total. The van der Waals surface area contributed by atoms with E-state index in [4.69, 9.17) is 4.74 Å². The van der Waals surface area contributed by atoms with Crippen molar-refractivity contribution in [3.05, 3.63) is 42.2 Å². The first-order valence-electron chi connectivity index (χ1n) is 7.81. The van der Waals surface area contributed by atoms with E-state index in [2.05, 4.69) is 15.1 Å². The van der Waals surface area contributed by atoms with Crippen LogP contribution >= 0.6 is 0 Å². The van der Waals surface area contributed by atoms with E-state index >= 15 is 0 Å². The molecule has 1 atom stereocenters. The van der Waals surface area contributed by atoms with Crippen LogP contribution in [0.5, 0.6) is 0 Å². The maximum Gasteiger partial charge on any atom is 0.244 e. The minimum absolute atomic E-state index is 0.0687. The second kappa shape index (κ2) is 7.32. The van der Waals surface area contributed by atoms with Gasteiger partial charge in [-0.15, -0.1) is 0 Å². The molecule has 2 aromatic heterocycles. The number of rotatable bonds is 4. The molecular weight excluding hydrogens is 294 g/mol. The van der Waals surface area contributed by atoms with E-state index in [9.17, 15) is 4.79 Å². The molecule has 122 valence electrons. The van der Waals surface area contributed by atoms with Crippen molar-refractivity contribution in [1.82, 2.24) is 24.6 Å². The number of amides is 1. The molecule has 7 heteroatoms. The highest BCUT2D eigenvalue weighted by Gasteiger charge is 2.23. The molecule has 3 heterocycles. The third-order valence-corrected chi connectivity index (χ3v) is 3.88. The SMILES string of the molecule is Cc1cnc(C[C@H]2COCCN(C(=O)Cn3cccn3)C2)cn1. The van der Waals surface area contributed by atoms with E-state index in [1.165, 1.54) is 0 Å². The molecule has 1 saturated heterocycles. The fourth-order valence-electron chi connectivity index (χ4n) is 2.68. The summed E-state index contributed by atoms with van der Waals surface area (Å²) in [6.07, 6.45) is 7.81. The molecule has 23 heavy (non-hydrogen) atoms. The fourth-order valence-corrected chi connectivity index (χ4v) is 2.68. The Morgan fingerprint density at radius 2 is 2.30 bits per heavy atom. The first-order chi connectivity index (χ1) is 11.2. The van der Waals surface area contributed by atoms with Gasteiger partial charge in [-0.1, -0.05) is 0 Å². The summed E-state index contributed by atoms with van der Waals surface area (Å²) in [5.74, 6) is 0.301. The maximum atomic E-state index is 12.4. The summed E-state index contributed by atoms with van der Waals surface area (Å²) >= 11 is 0. The molecule has 0 aliphatic carbocycles. The molecule has 0 bridgehead atoms. The Bertz CT molecular complexity index is 626. The number of nitrogens with zero attached hydrogens (tertiary/aromatic N) is 5. The zero-order chi connectivity index (χ0) is 16.1. The lowest BCUT2D eigenvalue weighted by Gasteiger charge is -2.23. The van der Waals surface area contributed by atoms with Crippen molar-refractivity contribution in [2.24, 2.45) is 5.92 Å². The van der Waals surface area contributed by atoms with Crippen LogP contribution < -0.4 is 0 Å². The maximum absolute atomic E-state index is 12.4. The average molecular weight is 315 g/mol. The van der Waals surface area contributed by atoms with Gasteiger partial charge in [-0.3, -0.25) is 19.4 Å². The molecule has 0 radical (unpaired) electrons. The lowest BCUT2D eigenvalue weighted by molar-refractivity contribution is -0.132. The van der Waals surface area contributed by atoms with Crippen LogP contribution in [-0.4, -0.2) is 56.9 Å². The van der Waals surface area contributed by atoms with Gasteiger partial charge >= 0.3 is 0 Å². The van der Waals surface area contributed by atoms with Gasteiger partial charge in [-0.2, -0.15) is 5.10 Å². The summed E-state index contributed by atoms with van der Waals surface area (Å²) in [4.78, 5) is 23.0. The van der Waals surface area contributed by atoms with E-state index in [1.54, 1.807) is 29.5 Å². The molecule has 1 aliphatic rings. The number of hydrogen-bond donors (Lipinski definition) is 0. The normalized spacial score (nSPS) is 18.7. The predicted molar refractivity (Wildman–Crippen MR) is 83.6 cm³/mol. The van der Waals surface area contributed by atoms with Crippen LogP contribution in [0, 0.1) is 12.8 Å². The van der Waals surface area contributed by atoms with E-state index in [0.717, 1.165) is 17.8 Å². The Morgan fingerprint density at radius 3 is 3.04 bits per heavy atom. The number of hydrogen-bond acceptors (Lipinski definition) is 5. The summed E-state index contributed by atoms with van der Waals surface area (Å²) in [6, 6.07) is 1.82. The van der Waals surface area contributed by atoms with Gasteiger partial charge in [0.2, 0.25) is 5.91 Å². The lowest BCUT2D eigenvalue weighted by Crippen LogP contribution is -2.38. The van der Waals surface area contributed by atoms with Gasteiger partial charge in [0.1, 0.15) is 6.54 Å². The monoisotopic (exact) mass is 315 g/mol. The highest BCUT2D eigenvalue weighted by molar-refractivity contribution is 5.75. The van der Waals surface area contributed by atoms with Crippen molar-refractivity contribution >= 4 is 5.91 Å². The van der Waals surface area contributed by atoms with Gasteiger partial charge in [0.05, 0.1) is 24.6 Å². The molecule has 0 spiro atoms. The Kier molecular flexibility index (Phi) is 4.97. The van der Waals surface area contributed by atoms with Crippen molar-refractivity contribution in [1.29, 1.82) is 0 Å². The summed E-state index contributed by atoms with van der Waals surface area (Å²) in [5.41, 5.74) is 1.84. The van der Waals surface area contributed by atoms with E-state index in [0.29, 0.717) is 26.3 Å². The number of carbonyl (C=O) groups is 1. The van der Waals surface area contributed by atoms with Crippen LogP contribution in [0.15, 0.2) is 30.9 Å². The smallest absolute Gasteiger partial charge is 0.244 e. The molecule has 7 nitrogen and oxygen atoms in total. The molecule has 1 fully saturated rings. The summed E-state index contributed by atoms with van der Waals surface area (Å²) in [6.45, 7) is 4.69. The third kappa shape index (κ3) is 4.35. The summed E-state index contributed by atoms with van der Waals surface area (Å²) in [5, 5.41) is 4.09. The fraction of sp³-hybridized carbons (Fsp3) is 0.500. The number of aryl methyl sites for hydroxylation is 1. The third-order valence-electron chi connectivity index (χ3n) is 3.88. The lowest BCUT2D eigenvalue weighted by atomic mass is 10.0. The first-order valence-corrected chi connectivity index (χ1v) is 7.81. The standard InChI is InChI=1S/C16H21N5O2/c1-13-8-18-15(9-17-13)7-14-10-20(5-6-23-12-14)16(22)11-21-4-2-3-19-21/h2-4,8-9,14H,5-7,10-12H2,1H3/t14-/m1/s1. The predicted octanol–water partition coefficient (Wildman–Crippen LogP) is 0.699. The molecule has 1 amide bonds. The highest BCUT2D eigenvalue weighted by Crippen LogP contribution is 2.13. The molecule has 0 aromatic carbocycles. The molecule has 0 unspecified atom stereocenters. The molecule has 0 saturated carbocycles. The second-order valence-electron chi connectivity index (χ2n) is 5.84. The van der Waals surface area contributed by atoms with Crippen LogP contribution in [0.25, 0.3) is 0 Å². The molecular formula is C16H21N5O2. The molecule has 2 aromatic rings. The molecule has 3 rings (SSSR count). The highest BCUT2D eigenvalue weighted by atomic mass is 16.5. The Labute approximate surface area is 135 Å². The van der Waals surface area contributed by atoms with Crippen molar-refractivity contribution in [2.45, 2.75) is 19.9 Å². The van der Waals surface area contributed by atoms with Crippen LogP contribution in [0.2, 0.25) is 0 Å². The largest absolute Gasteiger partial charge is 0.379 e. The Balaban J connectivity index is 1.61. The topological polar surface area (TPSA) is 73.1 Å². The van der Waals surface area contributed by atoms with E-state index in [1.807, 2.05) is 17.9 Å². The zero-order valence-corrected chi connectivity index (χ0v) is 13.3. The van der Waals surface area contributed by atoms with Gasteiger partial charge in [-0.05, 0) is 19.4 Å². The Morgan fingerprint density at radius 1 is 1.39 bits per heavy atom. The van der Waals surface area contributed by atoms with Gasteiger partial charge < -0.3 is 9.64 Å². The van der Waals surface area contributed by atoms with Gasteiger partial charge in [0.25, 0.3) is 0 Å². The van der Waals surface area contributed by atoms with Crippen molar-refractivity contribution < 1.29 is 9.53 Å². The van der Waals surface area contributed by atoms with Crippen LogP contribution in [0.3, 0.4) is 0 Å². The van der Waals surface area contributed by atoms with Crippen LogP contribution in [0.4, 0.5) is 0 Å². The van der Waals surface area contributed by atoms with Crippen LogP contribution in [0.1, 0.15) is 11.4 Å². The summed E-state index contributed by atoms with van der Waals surface area (Å²) < 4.78 is 7.30. The van der Waals surface area contributed by atoms with Gasteiger partial charge in [0.15, 0.2) is 0 Å². The number of aromatic nitrogens is 4. The van der Waals surface area contributed by atoms with Gasteiger partial charge in [-0.25, -0.2) is 0 Å². The quantitative estimate of drug-likeness (QED) is 0.830. The van der Waals surface area contributed by atoms with Crippen molar-refractivity contribution in [2.75, 3.05) is 26.3 Å². The minimum atomic E-state index is 0.0687. The average Bonchev–Trinajstić information content (AvgIpc) is 2.94. The Hall–Kier alpha value is -2.28.